The van der Waals surface area contributed by atoms with Crippen LogP contribution in [0.1, 0.15) is 11.1 Å². The van der Waals surface area contributed by atoms with Crippen LogP contribution in [0.25, 0.3) is 16.8 Å². The van der Waals surface area contributed by atoms with Gasteiger partial charge in [-0.05, 0) is 52.7 Å². The van der Waals surface area contributed by atoms with E-state index in [1.807, 2.05) is 36.4 Å². The SMILES string of the molecule is N#C/C(=C\c1c(OCc2ccc(F)cc2)ccc2ccccc12)C(=O)Nc1ccccc1Cl. The van der Waals surface area contributed by atoms with Crippen molar-refractivity contribution in [2.45, 2.75) is 6.61 Å². The number of para-hydroxylation sites is 1. The molecule has 162 valence electrons. The molecule has 33 heavy (non-hydrogen) atoms. The normalized spacial score (nSPS) is 11.1. The Labute approximate surface area is 195 Å². The highest BCUT2D eigenvalue weighted by Crippen LogP contribution is 2.31. The van der Waals surface area contributed by atoms with E-state index in [0.717, 1.165) is 16.3 Å². The van der Waals surface area contributed by atoms with E-state index >= 15 is 0 Å². The van der Waals surface area contributed by atoms with E-state index in [1.165, 1.54) is 18.2 Å². The molecule has 0 saturated carbocycles. The summed E-state index contributed by atoms with van der Waals surface area (Å²) in [6.45, 7) is 0.202. The van der Waals surface area contributed by atoms with Crippen LogP contribution in [-0.4, -0.2) is 5.91 Å². The molecule has 1 amide bonds. The van der Waals surface area contributed by atoms with Crippen molar-refractivity contribution < 1.29 is 13.9 Å². The minimum absolute atomic E-state index is 0.0992. The summed E-state index contributed by atoms with van der Waals surface area (Å²) >= 11 is 6.13. The Morgan fingerprint density at radius 3 is 2.48 bits per heavy atom. The first-order valence-corrected chi connectivity index (χ1v) is 10.5. The number of nitrogens with one attached hydrogen (secondary N) is 1. The number of benzene rings is 4. The Kier molecular flexibility index (Phi) is 6.68. The monoisotopic (exact) mass is 456 g/mol. The Morgan fingerprint density at radius 1 is 1.00 bits per heavy atom. The number of carbonyl (C=O) groups is 1. The Morgan fingerprint density at radius 2 is 1.73 bits per heavy atom. The van der Waals surface area contributed by atoms with Gasteiger partial charge in [0.25, 0.3) is 5.91 Å². The zero-order valence-corrected chi connectivity index (χ0v) is 18.1. The molecule has 0 aliphatic carbocycles. The minimum atomic E-state index is -0.581. The van der Waals surface area contributed by atoms with Gasteiger partial charge in [-0.15, -0.1) is 0 Å². The number of anilines is 1. The lowest BCUT2D eigenvalue weighted by atomic mass is 10.0. The van der Waals surface area contributed by atoms with Gasteiger partial charge in [-0.3, -0.25) is 4.79 Å². The molecular weight excluding hydrogens is 439 g/mol. The predicted octanol–water partition coefficient (Wildman–Crippen LogP) is 6.76. The highest BCUT2D eigenvalue weighted by molar-refractivity contribution is 6.34. The summed E-state index contributed by atoms with van der Waals surface area (Å²) in [6.07, 6.45) is 1.51. The molecule has 0 radical (unpaired) electrons. The van der Waals surface area contributed by atoms with Crippen molar-refractivity contribution in [3.05, 3.63) is 112 Å². The van der Waals surface area contributed by atoms with Gasteiger partial charge in [-0.25, -0.2) is 4.39 Å². The highest BCUT2D eigenvalue weighted by Gasteiger charge is 2.15. The zero-order chi connectivity index (χ0) is 23.2. The zero-order valence-electron chi connectivity index (χ0n) is 17.4. The number of carbonyl (C=O) groups excluding carboxylic acids is 1. The average molecular weight is 457 g/mol. The molecule has 0 bridgehead atoms. The van der Waals surface area contributed by atoms with E-state index in [4.69, 9.17) is 16.3 Å². The molecule has 4 rings (SSSR count). The summed E-state index contributed by atoms with van der Waals surface area (Å²) in [7, 11) is 0. The van der Waals surface area contributed by atoms with Gasteiger partial charge in [0.1, 0.15) is 29.8 Å². The summed E-state index contributed by atoms with van der Waals surface area (Å²) in [5.74, 6) is -0.407. The molecule has 1 N–H and O–H groups in total. The number of fused-ring (bicyclic) bond motifs is 1. The van der Waals surface area contributed by atoms with Crippen molar-refractivity contribution in [2.24, 2.45) is 0 Å². The molecule has 0 spiro atoms. The number of ether oxygens (including phenoxy) is 1. The van der Waals surface area contributed by atoms with Gasteiger partial charge in [0.2, 0.25) is 0 Å². The molecule has 6 heteroatoms. The summed E-state index contributed by atoms with van der Waals surface area (Å²) in [5.41, 5.74) is 1.70. The number of amides is 1. The quantitative estimate of drug-likeness (QED) is 0.257. The Balaban J connectivity index is 1.70. The standard InChI is InChI=1S/C27H18ClFN2O2/c28-24-7-3-4-8-25(24)31-27(32)20(16-30)15-23-22-6-2-1-5-19(22)11-14-26(23)33-17-18-9-12-21(29)13-10-18/h1-15H,17H2,(H,31,32)/b20-15+. The van der Waals surface area contributed by atoms with E-state index < -0.39 is 5.91 Å². The summed E-state index contributed by atoms with van der Waals surface area (Å²) in [5, 5.41) is 14.5. The molecule has 0 aliphatic heterocycles. The van der Waals surface area contributed by atoms with Gasteiger partial charge >= 0.3 is 0 Å². The number of halogens is 2. The maximum atomic E-state index is 13.2. The number of rotatable bonds is 6. The Hall–Kier alpha value is -4.14. The van der Waals surface area contributed by atoms with Crippen LogP contribution >= 0.6 is 11.6 Å². The van der Waals surface area contributed by atoms with E-state index in [-0.39, 0.29) is 18.0 Å². The third-order valence-electron chi connectivity index (χ3n) is 5.01. The highest BCUT2D eigenvalue weighted by atomic mass is 35.5. The molecule has 0 atom stereocenters. The van der Waals surface area contributed by atoms with E-state index in [1.54, 1.807) is 42.5 Å². The first-order chi connectivity index (χ1) is 16.0. The lowest BCUT2D eigenvalue weighted by Gasteiger charge is -2.13. The minimum Gasteiger partial charge on any atom is -0.488 e. The number of nitriles is 1. The van der Waals surface area contributed by atoms with Gasteiger partial charge < -0.3 is 10.1 Å². The molecular formula is C27H18ClFN2O2. The largest absolute Gasteiger partial charge is 0.488 e. The smallest absolute Gasteiger partial charge is 0.266 e. The second kappa shape index (κ2) is 9.99. The van der Waals surface area contributed by atoms with Crippen LogP contribution in [0.2, 0.25) is 5.02 Å². The predicted molar refractivity (Wildman–Crippen MR) is 128 cm³/mol. The topological polar surface area (TPSA) is 62.1 Å². The maximum Gasteiger partial charge on any atom is 0.266 e. The molecule has 0 fully saturated rings. The third kappa shape index (κ3) is 5.20. The van der Waals surface area contributed by atoms with E-state index in [9.17, 15) is 14.4 Å². The molecule has 4 aromatic rings. The molecule has 0 saturated heterocycles. The fourth-order valence-electron chi connectivity index (χ4n) is 3.34. The molecule has 0 unspecified atom stereocenters. The van der Waals surface area contributed by atoms with Gasteiger partial charge in [-0.1, -0.05) is 66.2 Å². The van der Waals surface area contributed by atoms with Crippen molar-refractivity contribution in [3.8, 4) is 11.8 Å². The maximum absolute atomic E-state index is 13.2. The van der Waals surface area contributed by atoms with Crippen LogP contribution in [0, 0.1) is 17.1 Å². The van der Waals surface area contributed by atoms with Gasteiger partial charge in [0, 0.05) is 5.56 Å². The van der Waals surface area contributed by atoms with Crippen LogP contribution in [-0.2, 0) is 11.4 Å². The number of nitrogens with zero attached hydrogens (tertiary/aromatic N) is 1. The summed E-state index contributed by atoms with van der Waals surface area (Å²) in [6, 6.07) is 26.1. The molecule has 4 aromatic carbocycles. The fourth-order valence-corrected chi connectivity index (χ4v) is 3.52. The fraction of sp³-hybridized carbons (Fsp3) is 0.0370. The average Bonchev–Trinajstić information content (AvgIpc) is 2.84. The van der Waals surface area contributed by atoms with Gasteiger partial charge in [-0.2, -0.15) is 5.26 Å². The van der Waals surface area contributed by atoms with E-state index in [0.29, 0.717) is 22.0 Å². The van der Waals surface area contributed by atoms with Crippen LogP contribution < -0.4 is 10.1 Å². The second-order valence-corrected chi connectivity index (χ2v) is 7.62. The Bertz CT molecular complexity index is 1390. The summed E-state index contributed by atoms with van der Waals surface area (Å²) in [4.78, 5) is 12.8. The van der Waals surface area contributed by atoms with Crippen LogP contribution in [0.5, 0.6) is 5.75 Å². The van der Waals surface area contributed by atoms with Crippen molar-refractivity contribution in [3.63, 3.8) is 0 Å². The molecule has 4 nitrogen and oxygen atoms in total. The van der Waals surface area contributed by atoms with Gasteiger partial charge in [0.15, 0.2) is 0 Å². The first-order valence-electron chi connectivity index (χ1n) is 10.1. The lowest BCUT2D eigenvalue weighted by Crippen LogP contribution is -2.13. The number of hydrogen-bond acceptors (Lipinski definition) is 3. The van der Waals surface area contributed by atoms with Crippen molar-refractivity contribution in [1.29, 1.82) is 5.26 Å². The third-order valence-corrected chi connectivity index (χ3v) is 5.34. The lowest BCUT2D eigenvalue weighted by molar-refractivity contribution is -0.112. The second-order valence-electron chi connectivity index (χ2n) is 7.22. The molecule has 0 aromatic heterocycles. The summed E-state index contributed by atoms with van der Waals surface area (Å²) < 4.78 is 19.2. The van der Waals surface area contributed by atoms with Crippen LogP contribution in [0.3, 0.4) is 0 Å². The van der Waals surface area contributed by atoms with Crippen molar-refractivity contribution in [1.82, 2.24) is 0 Å². The molecule has 0 aliphatic rings. The number of hydrogen-bond donors (Lipinski definition) is 1. The van der Waals surface area contributed by atoms with Crippen LogP contribution in [0.15, 0.2) is 90.5 Å². The van der Waals surface area contributed by atoms with Crippen molar-refractivity contribution >= 4 is 40.0 Å². The van der Waals surface area contributed by atoms with E-state index in [2.05, 4.69) is 5.32 Å². The van der Waals surface area contributed by atoms with Gasteiger partial charge in [0.05, 0.1) is 10.7 Å². The van der Waals surface area contributed by atoms with Crippen molar-refractivity contribution in [2.75, 3.05) is 5.32 Å². The molecule has 0 heterocycles. The van der Waals surface area contributed by atoms with Crippen LogP contribution in [0.4, 0.5) is 10.1 Å². The first kappa shape index (κ1) is 22.1.